The molecular formula is C20H28N6O. The largest absolute Gasteiger partial charge is 0.338 e. The van der Waals surface area contributed by atoms with Crippen LogP contribution in [0.5, 0.6) is 0 Å². The topological polar surface area (TPSA) is 73.4 Å². The maximum absolute atomic E-state index is 11.9. The third kappa shape index (κ3) is 6.21. The number of nitrogens with zero attached hydrogens (tertiary/aromatic N) is 4. The van der Waals surface area contributed by atoms with Crippen molar-refractivity contribution < 1.29 is 4.79 Å². The summed E-state index contributed by atoms with van der Waals surface area (Å²) in [6.45, 7) is 8.15. The Kier molecular flexibility index (Phi) is 6.98. The molecule has 1 aliphatic heterocycles. The molecule has 27 heavy (non-hydrogen) atoms. The number of aromatic nitrogens is 2. The number of hydrogen-bond donors (Lipinski definition) is 2. The van der Waals surface area contributed by atoms with E-state index >= 15 is 0 Å². The molecule has 2 N–H and O–H groups in total. The third-order valence-electron chi connectivity index (χ3n) is 4.68. The first kappa shape index (κ1) is 19.1. The van der Waals surface area contributed by atoms with Crippen molar-refractivity contribution in [1.82, 2.24) is 25.5 Å². The summed E-state index contributed by atoms with van der Waals surface area (Å²) in [6.07, 6.45) is 4.51. The Morgan fingerprint density at radius 1 is 1.07 bits per heavy atom. The van der Waals surface area contributed by atoms with Gasteiger partial charge in [-0.1, -0.05) is 29.8 Å². The highest BCUT2D eigenvalue weighted by molar-refractivity contribution is 5.73. The van der Waals surface area contributed by atoms with Gasteiger partial charge in [0.25, 0.3) is 0 Å². The second-order valence-electron chi connectivity index (χ2n) is 6.83. The molecule has 0 atom stereocenters. The van der Waals surface area contributed by atoms with E-state index in [1.165, 1.54) is 5.56 Å². The number of rotatable bonds is 7. The molecule has 0 radical (unpaired) electrons. The van der Waals surface area contributed by atoms with Gasteiger partial charge in [0.1, 0.15) is 0 Å². The highest BCUT2D eigenvalue weighted by Crippen LogP contribution is 2.09. The van der Waals surface area contributed by atoms with Crippen LogP contribution < -0.4 is 15.5 Å². The first-order valence-electron chi connectivity index (χ1n) is 9.52. The Bertz CT molecular complexity index is 715. The molecule has 7 heteroatoms. The van der Waals surface area contributed by atoms with Crippen LogP contribution in [0.15, 0.2) is 42.7 Å². The van der Waals surface area contributed by atoms with Crippen LogP contribution >= 0.6 is 0 Å². The molecule has 0 saturated carbocycles. The van der Waals surface area contributed by atoms with Gasteiger partial charge < -0.3 is 15.5 Å². The molecule has 1 saturated heterocycles. The van der Waals surface area contributed by atoms with Crippen LogP contribution in [0.4, 0.5) is 10.7 Å². The summed E-state index contributed by atoms with van der Waals surface area (Å²) in [6, 6.07) is 9.89. The number of piperazine rings is 1. The SMILES string of the molecule is Cc1cccc(CNC(=O)NCCCN2CCN(c3ncccn3)CC2)c1. The molecule has 2 amide bonds. The Labute approximate surface area is 160 Å². The van der Waals surface area contributed by atoms with E-state index in [1.54, 1.807) is 12.4 Å². The molecule has 1 aromatic heterocycles. The molecule has 1 fully saturated rings. The van der Waals surface area contributed by atoms with Crippen molar-refractivity contribution in [2.75, 3.05) is 44.2 Å². The number of benzene rings is 1. The average Bonchev–Trinajstić information content (AvgIpc) is 2.71. The molecule has 1 aliphatic rings. The van der Waals surface area contributed by atoms with Crippen molar-refractivity contribution in [3.63, 3.8) is 0 Å². The van der Waals surface area contributed by atoms with Crippen LogP contribution in [0.2, 0.25) is 0 Å². The van der Waals surface area contributed by atoms with Gasteiger partial charge in [-0.05, 0) is 31.5 Å². The maximum atomic E-state index is 11.9. The number of amides is 2. The first-order chi connectivity index (χ1) is 13.2. The number of urea groups is 1. The summed E-state index contributed by atoms with van der Waals surface area (Å²) in [5.74, 6) is 0.809. The quantitative estimate of drug-likeness (QED) is 0.729. The number of aryl methyl sites for hydroxylation is 1. The van der Waals surface area contributed by atoms with Gasteiger partial charge in [0, 0.05) is 51.7 Å². The van der Waals surface area contributed by atoms with E-state index in [4.69, 9.17) is 0 Å². The summed E-state index contributed by atoms with van der Waals surface area (Å²) in [7, 11) is 0. The molecule has 3 rings (SSSR count). The number of anilines is 1. The van der Waals surface area contributed by atoms with Crippen molar-refractivity contribution in [3.8, 4) is 0 Å². The fourth-order valence-corrected chi connectivity index (χ4v) is 3.20. The number of carbonyl (C=O) groups excluding carboxylic acids is 1. The zero-order chi connectivity index (χ0) is 18.9. The Hall–Kier alpha value is -2.67. The number of carbonyl (C=O) groups is 1. The van der Waals surface area contributed by atoms with E-state index < -0.39 is 0 Å². The molecule has 0 bridgehead atoms. The first-order valence-corrected chi connectivity index (χ1v) is 9.52. The molecule has 0 spiro atoms. The molecule has 2 heterocycles. The summed E-state index contributed by atoms with van der Waals surface area (Å²) >= 11 is 0. The van der Waals surface area contributed by atoms with Gasteiger partial charge in [-0.15, -0.1) is 0 Å². The molecule has 144 valence electrons. The highest BCUT2D eigenvalue weighted by atomic mass is 16.2. The number of nitrogens with one attached hydrogen (secondary N) is 2. The minimum absolute atomic E-state index is 0.109. The zero-order valence-corrected chi connectivity index (χ0v) is 15.9. The minimum atomic E-state index is -0.109. The summed E-state index contributed by atoms with van der Waals surface area (Å²) < 4.78 is 0. The molecule has 1 aromatic carbocycles. The van der Waals surface area contributed by atoms with E-state index in [-0.39, 0.29) is 6.03 Å². The minimum Gasteiger partial charge on any atom is -0.338 e. The van der Waals surface area contributed by atoms with E-state index in [9.17, 15) is 4.79 Å². The second kappa shape index (κ2) is 9.87. The van der Waals surface area contributed by atoms with Crippen LogP contribution in [-0.2, 0) is 6.54 Å². The third-order valence-corrected chi connectivity index (χ3v) is 4.68. The summed E-state index contributed by atoms with van der Waals surface area (Å²) in [5.41, 5.74) is 2.32. The average molecular weight is 368 g/mol. The highest BCUT2D eigenvalue weighted by Gasteiger charge is 2.18. The monoisotopic (exact) mass is 368 g/mol. The van der Waals surface area contributed by atoms with Crippen molar-refractivity contribution in [3.05, 3.63) is 53.9 Å². The lowest BCUT2D eigenvalue weighted by Crippen LogP contribution is -2.47. The Morgan fingerprint density at radius 2 is 1.85 bits per heavy atom. The van der Waals surface area contributed by atoms with Crippen LogP contribution in [0.1, 0.15) is 17.5 Å². The van der Waals surface area contributed by atoms with Crippen LogP contribution in [0, 0.1) is 6.92 Å². The molecule has 0 unspecified atom stereocenters. The molecule has 7 nitrogen and oxygen atoms in total. The lowest BCUT2D eigenvalue weighted by atomic mass is 10.1. The zero-order valence-electron chi connectivity index (χ0n) is 15.9. The Morgan fingerprint density at radius 3 is 2.59 bits per heavy atom. The lowest BCUT2D eigenvalue weighted by Gasteiger charge is -2.34. The fourth-order valence-electron chi connectivity index (χ4n) is 3.20. The summed E-state index contributed by atoms with van der Waals surface area (Å²) in [4.78, 5) is 25.2. The van der Waals surface area contributed by atoms with E-state index in [0.717, 1.165) is 50.7 Å². The summed E-state index contributed by atoms with van der Waals surface area (Å²) in [5, 5.41) is 5.84. The molecule has 2 aromatic rings. The maximum Gasteiger partial charge on any atom is 0.315 e. The van der Waals surface area contributed by atoms with Gasteiger partial charge in [-0.2, -0.15) is 0 Å². The van der Waals surface area contributed by atoms with Crippen molar-refractivity contribution in [2.45, 2.75) is 19.9 Å². The van der Waals surface area contributed by atoms with Crippen molar-refractivity contribution in [2.24, 2.45) is 0 Å². The predicted octanol–water partition coefficient (Wildman–Crippen LogP) is 1.80. The fraction of sp³-hybridized carbons (Fsp3) is 0.450. The van der Waals surface area contributed by atoms with Crippen molar-refractivity contribution in [1.29, 1.82) is 0 Å². The van der Waals surface area contributed by atoms with E-state index in [1.807, 2.05) is 18.2 Å². The van der Waals surface area contributed by atoms with Crippen LogP contribution in [-0.4, -0.2) is 60.2 Å². The molecule has 0 aliphatic carbocycles. The van der Waals surface area contributed by atoms with Gasteiger partial charge in [0.15, 0.2) is 0 Å². The predicted molar refractivity (Wildman–Crippen MR) is 107 cm³/mol. The Balaban J connectivity index is 1.27. The van der Waals surface area contributed by atoms with Gasteiger partial charge >= 0.3 is 6.03 Å². The standard InChI is InChI=1S/C20H28N6O/c1-17-5-2-6-18(15-17)16-24-20(27)23-9-4-10-25-11-13-26(14-12-25)19-21-7-3-8-22-19/h2-3,5-8,15H,4,9-14,16H2,1H3,(H2,23,24,27). The van der Waals surface area contributed by atoms with Crippen LogP contribution in [0.25, 0.3) is 0 Å². The van der Waals surface area contributed by atoms with Crippen LogP contribution in [0.3, 0.4) is 0 Å². The number of hydrogen-bond acceptors (Lipinski definition) is 5. The smallest absolute Gasteiger partial charge is 0.315 e. The van der Waals surface area contributed by atoms with Gasteiger partial charge in [-0.3, -0.25) is 4.90 Å². The van der Waals surface area contributed by atoms with Gasteiger partial charge in [0.2, 0.25) is 5.95 Å². The second-order valence-corrected chi connectivity index (χ2v) is 6.83. The molecular weight excluding hydrogens is 340 g/mol. The van der Waals surface area contributed by atoms with Crippen molar-refractivity contribution >= 4 is 12.0 Å². The lowest BCUT2D eigenvalue weighted by molar-refractivity contribution is 0.235. The van der Waals surface area contributed by atoms with Gasteiger partial charge in [-0.25, -0.2) is 14.8 Å². The van der Waals surface area contributed by atoms with Gasteiger partial charge in [0.05, 0.1) is 0 Å². The van der Waals surface area contributed by atoms with E-state index in [2.05, 4.69) is 49.5 Å². The normalized spacial score (nSPS) is 14.8. The van der Waals surface area contributed by atoms with E-state index in [0.29, 0.717) is 13.1 Å².